The van der Waals surface area contributed by atoms with Crippen LogP contribution in [-0.2, 0) is 6.54 Å². The van der Waals surface area contributed by atoms with E-state index in [2.05, 4.69) is 15.7 Å². The zero-order valence-corrected chi connectivity index (χ0v) is 16.1. The van der Waals surface area contributed by atoms with Crippen molar-refractivity contribution in [2.75, 3.05) is 13.1 Å². The number of hydrogen-bond donors (Lipinski definition) is 2. The lowest BCUT2D eigenvalue weighted by molar-refractivity contribution is 0.0944. The van der Waals surface area contributed by atoms with E-state index in [-0.39, 0.29) is 24.4 Å². The summed E-state index contributed by atoms with van der Waals surface area (Å²) >= 11 is 0. The molecule has 1 unspecified atom stereocenters. The Morgan fingerprint density at radius 3 is 2.77 bits per heavy atom. The van der Waals surface area contributed by atoms with Gasteiger partial charge in [-0.2, -0.15) is 5.10 Å². The first-order valence-corrected chi connectivity index (χ1v) is 8.91. The molecule has 2 aromatic rings. The van der Waals surface area contributed by atoms with E-state index in [0.29, 0.717) is 18.3 Å². The number of aromatic nitrogens is 2. The summed E-state index contributed by atoms with van der Waals surface area (Å²) in [5, 5.41) is 10.7. The van der Waals surface area contributed by atoms with Crippen LogP contribution in [-0.4, -0.2) is 34.9 Å². The molecule has 0 saturated carbocycles. The molecule has 1 aromatic heterocycles. The smallest absolute Gasteiger partial charge is 0.272 e. The highest BCUT2D eigenvalue weighted by Gasteiger charge is 2.17. The van der Waals surface area contributed by atoms with Gasteiger partial charge < -0.3 is 15.4 Å². The zero-order valence-electron chi connectivity index (χ0n) is 15.3. The van der Waals surface area contributed by atoms with Gasteiger partial charge >= 0.3 is 0 Å². The second-order valence-corrected chi connectivity index (χ2v) is 6.67. The third-order valence-electron chi connectivity index (χ3n) is 4.23. The predicted octanol–water partition coefficient (Wildman–Crippen LogP) is 2.95. The summed E-state index contributed by atoms with van der Waals surface area (Å²) in [4.78, 5) is 12.3. The number of piperidine rings is 1. The minimum absolute atomic E-state index is 0. The van der Waals surface area contributed by atoms with Gasteiger partial charge in [-0.25, -0.2) is 0 Å². The minimum atomic E-state index is -0.148. The molecule has 2 heterocycles. The van der Waals surface area contributed by atoms with E-state index in [9.17, 15) is 4.79 Å². The lowest BCUT2D eigenvalue weighted by atomic mass is 10.1. The summed E-state index contributed by atoms with van der Waals surface area (Å²) in [7, 11) is 0. The lowest BCUT2D eigenvalue weighted by Gasteiger charge is -2.22. The van der Waals surface area contributed by atoms with Crippen LogP contribution >= 0.6 is 12.4 Å². The average molecular weight is 379 g/mol. The van der Waals surface area contributed by atoms with Crippen LogP contribution in [0.5, 0.6) is 5.75 Å². The van der Waals surface area contributed by atoms with Crippen molar-refractivity contribution in [1.82, 2.24) is 20.4 Å². The highest BCUT2D eigenvalue weighted by molar-refractivity contribution is 5.92. The molecule has 1 atom stereocenters. The maximum absolute atomic E-state index is 12.3. The number of rotatable bonds is 6. The molecule has 1 aliphatic rings. The Bertz CT molecular complexity index is 694. The SMILES string of the molecule is CC(C)Oc1ccc(CNC(=O)c2ccn(C3CCCNC3)n2)cc1.Cl. The van der Waals surface area contributed by atoms with E-state index in [1.165, 1.54) is 0 Å². The fourth-order valence-electron chi connectivity index (χ4n) is 2.95. The summed E-state index contributed by atoms with van der Waals surface area (Å²) < 4.78 is 7.52. The zero-order chi connectivity index (χ0) is 17.6. The number of nitrogens with one attached hydrogen (secondary N) is 2. The number of halogens is 1. The Hall–Kier alpha value is -2.05. The third kappa shape index (κ3) is 5.47. The summed E-state index contributed by atoms with van der Waals surface area (Å²) in [6.45, 7) is 6.44. The molecule has 0 bridgehead atoms. The monoisotopic (exact) mass is 378 g/mol. The van der Waals surface area contributed by atoms with Crippen LogP contribution in [0.4, 0.5) is 0 Å². The average Bonchev–Trinajstić information content (AvgIpc) is 3.11. The summed E-state index contributed by atoms with van der Waals surface area (Å²) in [6.07, 6.45) is 4.29. The van der Waals surface area contributed by atoms with Gasteiger partial charge in [-0.3, -0.25) is 9.48 Å². The van der Waals surface area contributed by atoms with Gasteiger partial charge in [0.2, 0.25) is 0 Å². The first kappa shape index (κ1) is 20.3. The Labute approximate surface area is 160 Å². The molecule has 1 aromatic carbocycles. The van der Waals surface area contributed by atoms with Crippen LogP contribution < -0.4 is 15.4 Å². The van der Waals surface area contributed by atoms with Crippen LogP contribution in [0.2, 0.25) is 0 Å². The Morgan fingerprint density at radius 2 is 2.12 bits per heavy atom. The molecule has 1 amide bonds. The molecule has 2 N–H and O–H groups in total. The normalized spacial score (nSPS) is 16.8. The molecule has 1 aliphatic heterocycles. The van der Waals surface area contributed by atoms with Crippen molar-refractivity contribution in [3.05, 3.63) is 47.8 Å². The number of ether oxygens (including phenoxy) is 1. The maximum Gasteiger partial charge on any atom is 0.272 e. The van der Waals surface area contributed by atoms with Crippen LogP contribution in [0, 0.1) is 0 Å². The second kappa shape index (κ2) is 9.59. The van der Waals surface area contributed by atoms with Crippen molar-refractivity contribution >= 4 is 18.3 Å². The van der Waals surface area contributed by atoms with Crippen LogP contribution in [0.15, 0.2) is 36.5 Å². The van der Waals surface area contributed by atoms with Crippen molar-refractivity contribution in [3.63, 3.8) is 0 Å². The number of carbonyl (C=O) groups excluding carboxylic acids is 1. The maximum atomic E-state index is 12.3. The number of amides is 1. The van der Waals surface area contributed by atoms with Gasteiger partial charge in [-0.05, 0) is 57.0 Å². The molecule has 0 radical (unpaired) electrons. The van der Waals surface area contributed by atoms with Crippen LogP contribution in [0.25, 0.3) is 0 Å². The topological polar surface area (TPSA) is 68.2 Å². The highest BCUT2D eigenvalue weighted by atomic mass is 35.5. The van der Waals surface area contributed by atoms with Gasteiger partial charge in [-0.1, -0.05) is 12.1 Å². The van der Waals surface area contributed by atoms with E-state index in [1.54, 1.807) is 6.07 Å². The number of benzene rings is 1. The second-order valence-electron chi connectivity index (χ2n) is 6.67. The molecule has 1 fully saturated rings. The van der Waals surface area contributed by atoms with E-state index in [4.69, 9.17) is 4.74 Å². The highest BCUT2D eigenvalue weighted by Crippen LogP contribution is 2.16. The summed E-state index contributed by atoms with van der Waals surface area (Å²) in [6, 6.07) is 9.89. The quantitative estimate of drug-likeness (QED) is 0.810. The molecule has 26 heavy (non-hydrogen) atoms. The number of hydrogen-bond acceptors (Lipinski definition) is 4. The fraction of sp³-hybridized carbons (Fsp3) is 0.474. The van der Waals surface area contributed by atoms with Crippen molar-refractivity contribution in [3.8, 4) is 5.75 Å². The van der Waals surface area contributed by atoms with Crippen molar-refractivity contribution in [2.45, 2.75) is 45.4 Å². The number of nitrogens with zero attached hydrogens (tertiary/aromatic N) is 2. The molecular weight excluding hydrogens is 352 g/mol. The van der Waals surface area contributed by atoms with Gasteiger partial charge in [0.15, 0.2) is 0 Å². The summed E-state index contributed by atoms with van der Waals surface area (Å²) in [5.41, 5.74) is 1.49. The molecule has 3 rings (SSSR count). The van der Waals surface area contributed by atoms with E-state index in [0.717, 1.165) is 37.2 Å². The van der Waals surface area contributed by atoms with Gasteiger partial charge in [0, 0.05) is 19.3 Å². The lowest BCUT2D eigenvalue weighted by Crippen LogP contribution is -2.32. The van der Waals surface area contributed by atoms with Crippen LogP contribution in [0.3, 0.4) is 0 Å². The van der Waals surface area contributed by atoms with Gasteiger partial charge in [-0.15, -0.1) is 12.4 Å². The molecular formula is C19H27ClN4O2. The van der Waals surface area contributed by atoms with Crippen molar-refractivity contribution < 1.29 is 9.53 Å². The largest absolute Gasteiger partial charge is 0.491 e. The first-order valence-electron chi connectivity index (χ1n) is 8.91. The molecule has 1 saturated heterocycles. The fourth-order valence-corrected chi connectivity index (χ4v) is 2.95. The van der Waals surface area contributed by atoms with Crippen molar-refractivity contribution in [1.29, 1.82) is 0 Å². The molecule has 0 spiro atoms. The van der Waals surface area contributed by atoms with E-state index < -0.39 is 0 Å². The predicted molar refractivity (Wildman–Crippen MR) is 104 cm³/mol. The standard InChI is InChI=1S/C19H26N4O2.ClH/c1-14(2)25-17-7-5-15(6-8-17)12-21-19(24)18-9-11-23(22-18)16-4-3-10-20-13-16;/h5-9,11,14,16,20H,3-4,10,12-13H2,1-2H3,(H,21,24);1H. The molecule has 142 valence electrons. The van der Waals surface area contributed by atoms with Crippen molar-refractivity contribution in [2.24, 2.45) is 0 Å². The van der Waals surface area contributed by atoms with Crippen LogP contribution in [0.1, 0.15) is 48.8 Å². The Balaban J connectivity index is 0.00000243. The molecule has 7 heteroatoms. The van der Waals surface area contributed by atoms with Gasteiger partial charge in [0.1, 0.15) is 11.4 Å². The Morgan fingerprint density at radius 1 is 1.35 bits per heavy atom. The van der Waals surface area contributed by atoms with Gasteiger partial charge in [0.05, 0.1) is 12.1 Å². The first-order chi connectivity index (χ1) is 12.1. The third-order valence-corrected chi connectivity index (χ3v) is 4.23. The van der Waals surface area contributed by atoms with E-state index >= 15 is 0 Å². The van der Waals surface area contributed by atoms with E-state index in [1.807, 2.05) is 49.0 Å². The molecule has 0 aliphatic carbocycles. The van der Waals surface area contributed by atoms with Gasteiger partial charge in [0.25, 0.3) is 5.91 Å². The summed E-state index contributed by atoms with van der Waals surface area (Å²) in [5.74, 6) is 0.690. The number of carbonyl (C=O) groups is 1. The minimum Gasteiger partial charge on any atom is -0.491 e. The Kier molecular flexibility index (Phi) is 7.48. The molecule has 6 nitrogen and oxygen atoms in total.